The van der Waals surface area contributed by atoms with Crippen molar-refractivity contribution in [2.24, 2.45) is 5.92 Å². The van der Waals surface area contributed by atoms with Crippen LogP contribution in [0, 0.1) is 26.7 Å². The van der Waals surface area contributed by atoms with Crippen LogP contribution in [0.5, 0.6) is 0 Å². The molecule has 0 unspecified atom stereocenters. The van der Waals surface area contributed by atoms with E-state index in [9.17, 15) is 13.2 Å². The summed E-state index contributed by atoms with van der Waals surface area (Å²) < 4.78 is 27.5. The third-order valence-corrected chi connectivity index (χ3v) is 7.77. The number of carbonyl (C=O) groups is 1. The molecule has 2 aromatic rings. The number of piperidine rings is 1. The molecule has 1 atom stereocenters. The molecule has 2 aromatic carbocycles. The summed E-state index contributed by atoms with van der Waals surface area (Å²) in [6.45, 7) is 6.37. The van der Waals surface area contributed by atoms with Crippen molar-refractivity contribution < 1.29 is 13.2 Å². The Balaban J connectivity index is 1.80. The smallest absolute Gasteiger partial charge is 0.244 e. The van der Waals surface area contributed by atoms with Gasteiger partial charge in [-0.1, -0.05) is 40.9 Å². The van der Waals surface area contributed by atoms with Crippen molar-refractivity contribution in [3.63, 3.8) is 0 Å². The standard InChI is InChI=1S/C21H24Cl2N2O3S/c1-13-9-14(2)20(15(3)10-13)24-21(26)16-5-4-8-25(12-16)29(27,28)19-11-17(22)6-7-18(19)23/h6-7,9-11,16H,4-5,8,12H2,1-3H3,(H,24,26)/t16-/m1/s1. The van der Waals surface area contributed by atoms with Crippen molar-refractivity contribution in [3.05, 3.63) is 57.1 Å². The summed E-state index contributed by atoms with van der Waals surface area (Å²) in [6, 6.07) is 8.39. The maximum absolute atomic E-state index is 13.1. The van der Waals surface area contributed by atoms with Crippen LogP contribution in [0.3, 0.4) is 0 Å². The topological polar surface area (TPSA) is 66.5 Å². The number of nitrogens with one attached hydrogen (secondary N) is 1. The Morgan fingerprint density at radius 2 is 1.76 bits per heavy atom. The lowest BCUT2D eigenvalue weighted by Gasteiger charge is -2.31. The Morgan fingerprint density at radius 3 is 2.41 bits per heavy atom. The number of sulfonamides is 1. The summed E-state index contributed by atoms with van der Waals surface area (Å²) in [5.41, 5.74) is 3.90. The van der Waals surface area contributed by atoms with Crippen LogP contribution in [0.25, 0.3) is 0 Å². The molecule has 1 amide bonds. The maximum Gasteiger partial charge on any atom is 0.244 e. The highest BCUT2D eigenvalue weighted by Gasteiger charge is 2.34. The van der Waals surface area contributed by atoms with E-state index in [0.29, 0.717) is 24.4 Å². The molecular formula is C21H24Cl2N2O3S. The van der Waals surface area contributed by atoms with Crippen LogP contribution in [0.2, 0.25) is 10.0 Å². The molecular weight excluding hydrogens is 431 g/mol. The van der Waals surface area contributed by atoms with Crippen LogP contribution in [0.1, 0.15) is 29.5 Å². The first-order valence-electron chi connectivity index (χ1n) is 9.43. The summed E-state index contributed by atoms with van der Waals surface area (Å²) in [6.07, 6.45) is 1.23. The van der Waals surface area contributed by atoms with E-state index in [-0.39, 0.29) is 22.4 Å². The van der Waals surface area contributed by atoms with E-state index in [1.54, 1.807) is 6.07 Å². The lowest BCUT2D eigenvalue weighted by Crippen LogP contribution is -2.43. The Kier molecular flexibility index (Phi) is 6.58. The number of aryl methyl sites for hydroxylation is 3. The van der Waals surface area contributed by atoms with E-state index < -0.39 is 15.9 Å². The van der Waals surface area contributed by atoms with Gasteiger partial charge in [0, 0.05) is 23.8 Å². The second-order valence-corrected chi connectivity index (χ2v) is 10.3. The SMILES string of the molecule is Cc1cc(C)c(NC(=O)[C@@H]2CCCN(S(=O)(=O)c3cc(Cl)ccc3Cl)C2)c(C)c1. The van der Waals surface area contributed by atoms with Crippen LogP contribution in [0.15, 0.2) is 35.2 Å². The Bertz CT molecular complexity index is 1030. The fourth-order valence-corrected chi connectivity index (χ4v) is 6.05. The third-order valence-electron chi connectivity index (χ3n) is 5.19. The molecule has 29 heavy (non-hydrogen) atoms. The van der Waals surface area contributed by atoms with Crippen LogP contribution in [0.4, 0.5) is 5.69 Å². The molecule has 0 spiro atoms. The maximum atomic E-state index is 13.1. The van der Waals surface area contributed by atoms with Gasteiger partial charge < -0.3 is 5.32 Å². The van der Waals surface area contributed by atoms with Crippen molar-refractivity contribution >= 4 is 44.8 Å². The molecule has 0 aliphatic carbocycles. The molecule has 1 aliphatic heterocycles. The van der Waals surface area contributed by atoms with E-state index in [1.165, 1.54) is 16.4 Å². The van der Waals surface area contributed by atoms with Gasteiger partial charge in [-0.05, 0) is 62.9 Å². The highest BCUT2D eigenvalue weighted by atomic mass is 35.5. The largest absolute Gasteiger partial charge is 0.325 e. The van der Waals surface area contributed by atoms with Gasteiger partial charge in [-0.2, -0.15) is 4.31 Å². The molecule has 0 radical (unpaired) electrons. The summed E-state index contributed by atoms with van der Waals surface area (Å²) in [7, 11) is -3.84. The van der Waals surface area contributed by atoms with Crippen molar-refractivity contribution in [2.75, 3.05) is 18.4 Å². The number of hydrogen-bond donors (Lipinski definition) is 1. The minimum Gasteiger partial charge on any atom is -0.325 e. The second-order valence-electron chi connectivity index (χ2n) is 7.54. The van der Waals surface area contributed by atoms with Crippen LogP contribution < -0.4 is 5.32 Å². The molecule has 1 aliphatic rings. The normalized spacial score (nSPS) is 17.9. The Hall–Kier alpha value is -1.60. The fourth-order valence-electron chi connectivity index (χ4n) is 3.79. The van der Waals surface area contributed by atoms with Gasteiger partial charge >= 0.3 is 0 Å². The number of amides is 1. The highest BCUT2D eigenvalue weighted by Crippen LogP contribution is 2.31. The number of anilines is 1. The van der Waals surface area contributed by atoms with Gasteiger partial charge in [-0.25, -0.2) is 8.42 Å². The van der Waals surface area contributed by atoms with Crippen molar-refractivity contribution in [2.45, 2.75) is 38.5 Å². The highest BCUT2D eigenvalue weighted by molar-refractivity contribution is 7.89. The molecule has 3 rings (SSSR count). The molecule has 1 N–H and O–H groups in total. The second kappa shape index (κ2) is 8.64. The Labute approximate surface area is 182 Å². The average molecular weight is 455 g/mol. The molecule has 0 aromatic heterocycles. The van der Waals surface area contributed by atoms with Crippen LogP contribution >= 0.6 is 23.2 Å². The monoisotopic (exact) mass is 454 g/mol. The van der Waals surface area contributed by atoms with Gasteiger partial charge in [0.25, 0.3) is 0 Å². The molecule has 1 saturated heterocycles. The fraction of sp³-hybridized carbons (Fsp3) is 0.381. The van der Waals surface area contributed by atoms with Crippen molar-refractivity contribution in [3.8, 4) is 0 Å². The summed E-state index contributed by atoms with van der Waals surface area (Å²) in [4.78, 5) is 12.9. The van der Waals surface area contributed by atoms with Crippen molar-refractivity contribution in [1.82, 2.24) is 4.31 Å². The number of benzene rings is 2. The molecule has 1 heterocycles. The van der Waals surface area contributed by atoms with E-state index >= 15 is 0 Å². The quantitative estimate of drug-likeness (QED) is 0.709. The third kappa shape index (κ3) is 4.77. The lowest BCUT2D eigenvalue weighted by molar-refractivity contribution is -0.120. The summed E-state index contributed by atoms with van der Waals surface area (Å²) >= 11 is 12.1. The van der Waals surface area contributed by atoms with E-state index in [1.807, 2.05) is 32.9 Å². The molecule has 0 bridgehead atoms. The zero-order valence-electron chi connectivity index (χ0n) is 16.6. The van der Waals surface area contributed by atoms with Gasteiger partial charge in [0.2, 0.25) is 15.9 Å². The number of nitrogens with zero attached hydrogens (tertiary/aromatic N) is 1. The molecule has 1 fully saturated rings. The van der Waals surface area contributed by atoms with E-state index in [2.05, 4.69) is 5.32 Å². The van der Waals surface area contributed by atoms with Crippen LogP contribution in [-0.2, 0) is 14.8 Å². The molecule has 5 nitrogen and oxygen atoms in total. The van der Waals surface area contributed by atoms with E-state index in [4.69, 9.17) is 23.2 Å². The van der Waals surface area contributed by atoms with E-state index in [0.717, 1.165) is 22.4 Å². The predicted molar refractivity (Wildman–Crippen MR) is 117 cm³/mol. The number of carbonyl (C=O) groups excluding carboxylic acids is 1. The van der Waals surface area contributed by atoms with Gasteiger partial charge in [-0.15, -0.1) is 0 Å². The molecule has 8 heteroatoms. The summed E-state index contributed by atoms with van der Waals surface area (Å²) in [5.74, 6) is -0.603. The first-order valence-corrected chi connectivity index (χ1v) is 11.6. The zero-order chi connectivity index (χ0) is 21.3. The average Bonchev–Trinajstić information content (AvgIpc) is 2.66. The first kappa shape index (κ1) is 22.1. The minimum absolute atomic E-state index is 0.0297. The van der Waals surface area contributed by atoms with Gasteiger partial charge in [-0.3, -0.25) is 4.79 Å². The number of rotatable bonds is 4. The number of halogens is 2. The van der Waals surface area contributed by atoms with Crippen LogP contribution in [-0.4, -0.2) is 31.7 Å². The van der Waals surface area contributed by atoms with Crippen molar-refractivity contribution in [1.29, 1.82) is 0 Å². The predicted octanol–water partition coefficient (Wildman–Crippen LogP) is 4.96. The number of hydrogen-bond acceptors (Lipinski definition) is 3. The first-order chi connectivity index (χ1) is 13.6. The Morgan fingerprint density at radius 1 is 1.10 bits per heavy atom. The minimum atomic E-state index is -3.84. The van der Waals surface area contributed by atoms with Gasteiger partial charge in [0.05, 0.1) is 10.9 Å². The van der Waals surface area contributed by atoms with Gasteiger partial charge in [0.1, 0.15) is 4.90 Å². The van der Waals surface area contributed by atoms with Gasteiger partial charge in [0.15, 0.2) is 0 Å². The summed E-state index contributed by atoms with van der Waals surface area (Å²) in [5, 5.41) is 3.41. The zero-order valence-corrected chi connectivity index (χ0v) is 19.0. The molecule has 0 saturated carbocycles. The molecule has 156 valence electrons. The lowest BCUT2D eigenvalue weighted by atomic mass is 9.98.